The first-order valence-electron chi connectivity index (χ1n) is 10.8. The second-order valence-corrected chi connectivity index (χ2v) is 8.35. The van der Waals surface area contributed by atoms with E-state index < -0.39 is 0 Å². The molecule has 29 heavy (non-hydrogen) atoms. The van der Waals surface area contributed by atoms with Crippen molar-refractivity contribution in [1.82, 2.24) is 20.0 Å². The summed E-state index contributed by atoms with van der Waals surface area (Å²) in [4.78, 5) is 11.7. The Morgan fingerprint density at radius 1 is 1.28 bits per heavy atom. The zero-order valence-corrected chi connectivity index (χ0v) is 18.2. The van der Waals surface area contributed by atoms with Gasteiger partial charge in [0.15, 0.2) is 5.96 Å². The molecule has 0 spiro atoms. The number of hydrogen-bond acceptors (Lipinski definition) is 4. The summed E-state index contributed by atoms with van der Waals surface area (Å²) in [6.07, 6.45) is 1.20. The standard InChI is InChI=1S/C22H36FN5O/c1-4-24-22(25-14-18-5-6-21(23)20(13-18)17-26(2)3)28-8-7-19(16-28)15-27-9-11-29-12-10-27/h5-6,13,19H,4,7-12,14-17H2,1-3H3,(H,24,25). The molecule has 1 N–H and O–H groups in total. The van der Waals surface area contributed by atoms with Crippen molar-refractivity contribution < 1.29 is 9.13 Å². The molecule has 0 aliphatic carbocycles. The van der Waals surface area contributed by atoms with E-state index in [2.05, 4.69) is 22.0 Å². The average Bonchev–Trinajstić information content (AvgIpc) is 3.16. The van der Waals surface area contributed by atoms with E-state index in [1.165, 1.54) is 6.42 Å². The van der Waals surface area contributed by atoms with Gasteiger partial charge in [0.1, 0.15) is 5.82 Å². The second kappa shape index (κ2) is 10.9. The van der Waals surface area contributed by atoms with E-state index >= 15 is 0 Å². The summed E-state index contributed by atoms with van der Waals surface area (Å²) in [5.74, 6) is 1.49. The second-order valence-electron chi connectivity index (χ2n) is 8.35. The molecule has 3 rings (SSSR count). The minimum Gasteiger partial charge on any atom is -0.379 e. The van der Waals surface area contributed by atoms with E-state index in [9.17, 15) is 4.39 Å². The number of halogens is 1. The first-order valence-corrected chi connectivity index (χ1v) is 10.8. The van der Waals surface area contributed by atoms with Crippen molar-refractivity contribution in [2.75, 3.05) is 66.6 Å². The molecule has 7 heteroatoms. The van der Waals surface area contributed by atoms with Crippen LogP contribution in [0.15, 0.2) is 23.2 Å². The van der Waals surface area contributed by atoms with Crippen LogP contribution in [0.4, 0.5) is 4.39 Å². The van der Waals surface area contributed by atoms with Gasteiger partial charge in [-0.1, -0.05) is 6.07 Å². The molecule has 2 heterocycles. The normalized spacial score (nSPS) is 21.2. The van der Waals surface area contributed by atoms with Crippen molar-refractivity contribution >= 4 is 5.96 Å². The number of hydrogen-bond donors (Lipinski definition) is 1. The highest BCUT2D eigenvalue weighted by Crippen LogP contribution is 2.19. The van der Waals surface area contributed by atoms with E-state index in [1.54, 1.807) is 6.07 Å². The van der Waals surface area contributed by atoms with Crippen LogP contribution < -0.4 is 5.32 Å². The molecule has 0 radical (unpaired) electrons. The highest BCUT2D eigenvalue weighted by atomic mass is 19.1. The molecule has 1 aromatic carbocycles. The smallest absolute Gasteiger partial charge is 0.194 e. The third-order valence-corrected chi connectivity index (χ3v) is 5.55. The van der Waals surface area contributed by atoms with Crippen LogP contribution in [0.2, 0.25) is 0 Å². The number of nitrogens with zero attached hydrogens (tertiary/aromatic N) is 4. The molecule has 162 valence electrons. The van der Waals surface area contributed by atoms with Crippen LogP contribution >= 0.6 is 0 Å². The highest BCUT2D eigenvalue weighted by molar-refractivity contribution is 5.80. The van der Waals surface area contributed by atoms with Gasteiger partial charge in [-0.05, 0) is 51.1 Å². The van der Waals surface area contributed by atoms with Gasteiger partial charge >= 0.3 is 0 Å². The Labute approximate surface area is 174 Å². The van der Waals surface area contributed by atoms with Gasteiger partial charge < -0.3 is 19.9 Å². The Kier molecular flexibility index (Phi) is 8.27. The lowest BCUT2D eigenvalue weighted by atomic mass is 10.1. The molecule has 0 saturated carbocycles. The van der Waals surface area contributed by atoms with Crippen molar-refractivity contribution in [3.05, 3.63) is 35.1 Å². The fourth-order valence-electron chi connectivity index (χ4n) is 4.10. The lowest BCUT2D eigenvalue weighted by molar-refractivity contribution is 0.0315. The van der Waals surface area contributed by atoms with E-state index in [-0.39, 0.29) is 5.82 Å². The minimum atomic E-state index is -0.149. The summed E-state index contributed by atoms with van der Waals surface area (Å²) in [7, 11) is 3.91. The third kappa shape index (κ3) is 6.66. The summed E-state index contributed by atoms with van der Waals surface area (Å²) in [6, 6.07) is 5.34. The van der Waals surface area contributed by atoms with E-state index in [0.29, 0.717) is 19.0 Å². The van der Waals surface area contributed by atoms with E-state index in [1.807, 2.05) is 31.1 Å². The lowest BCUT2D eigenvalue weighted by Crippen LogP contribution is -2.42. The van der Waals surface area contributed by atoms with Crippen molar-refractivity contribution in [3.8, 4) is 0 Å². The Bertz CT molecular complexity index is 675. The number of nitrogens with one attached hydrogen (secondary N) is 1. The van der Waals surface area contributed by atoms with Gasteiger partial charge in [-0.25, -0.2) is 9.38 Å². The number of guanidine groups is 1. The summed E-state index contributed by atoms with van der Waals surface area (Å²) in [5, 5.41) is 3.44. The molecule has 1 unspecified atom stereocenters. The van der Waals surface area contributed by atoms with Gasteiger partial charge in [0.05, 0.1) is 19.8 Å². The topological polar surface area (TPSA) is 43.3 Å². The van der Waals surface area contributed by atoms with Gasteiger partial charge in [0.2, 0.25) is 0 Å². The summed E-state index contributed by atoms with van der Waals surface area (Å²) < 4.78 is 19.5. The number of ether oxygens (including phenoxy) is 1. The van der Waals surface area contributed by atoms with E-state index in [4.69, 9.17) is 9.73 Å². The van der Waals surface area contributed by atoms with Gasteiger partial charge in [-0.15, -0.1) is 0 Å². The highest BCUT2D eigenvalue weighted by Gasteiger charge is 2.27. The maximum atomic E-state index is 14.0. The molecular weight excluding hydrogens is 369 g/mol. The molecule has 2 saturated heterocycles. The van der Waals surface area contributed by atoms with Crippen molar-refractivity contribution in [1.29, 1.82) is 0 Å². The molecule has 1 atom stereocenters. The third-order valence-electron chi connectivity index (χ3n) is 5.55. The van der Waals surface area contributed by atoms with Crippen LogP contribution in [0.25, 0.3) is 0 Å². The first kappa shape index (κ1) is 22.0. The molecule has 1 aromatic rings. The molecule has 0 aromatic heterocycles. The maximum absolute atomic E-state index is 14.0. The van der Waals surface area contributed by atoms with Gasteiger partial charge in [0, 0.05) is 51.4 Å². The molecular formula is C22H36FN5O. The van der Waals surface area contributed by atoms with Crippen molar-refractivity contribution in [2.45, 2.75) is 26.4 Å². The molecule has 0 bridgehead atoms. The SMILES string of the molecule is CCNC(=NCc1ccc(F)c(CN(C)C)c1)N1CCC(CN2CCOCC2)C1. The van der Waals surface area contributed by atoms with Crippen LogP contribution in [-0.4, -0.2) is 87.2 Å². The Balaban J connectivity index is 1.60. The summed E-state index contributed by atoms with van der Waals surface area (Å²) in [6.45, 7) is 11.1. The number of likely N-dealkylation sites (tertiary alicyclic amines) is 1. The predicted molar refractivity (Wildman–Crippen MR) is 116 cm³/mol. The van der Waals surface area contributed by atoms with Gasteiger partial charge in [0.25, 0.3) is 0 Å². The Hall–Kier alpha value is -1.70. The van der Waals surface area contributed by atoms with Gasteiger partial charge in [-0.3, -0.25) is 4.90 Å². The fourth-order valence-corrected chi connectivity index (χ4v) is 4.10. The lowest BCUT2D eigenvalue weighted by Gasteiger charge is -2.29. The minimum absolute atomic E-state index is 0.149. The number of benzene rings is 1. The molecule has 0 amide bonds. The number of rotatable bonds is 7. The van der Waals surface area contributed by atoms with Crippen LogP contribution in [0.1, 0.15) is 24.5 Å². The Morgan fingerprint density at radius 2 is 2.07 bits per heavy atom. The number of aliphatic imine (C=N–C) groups is 1. The van der Waals surface area contributed by atoms with Crippen LogP contribution in [0.5, 0.6) is 0 Å². The quantitative estimate of drug-likeness (QED) is 0.555. The average molecular weight is 406 g/mol. The molecule has 2 fully saturated rings. The Morgan fingerprint density at radius 3 is 2.79 bits per heavy atom. The van der Waals surface area contributed by atoms with Crippen LogP contribution in [-0.2, 0) is 17.8 Å². The van der Waals surface area contributed by atoms with Crippen LogP contribution in [0.3, 0.4) is 0 Å². The monoisotopic (exact) mass is 405 g/mol. The molecule has 2 aliphatic heterocycles. The molecule has 2 aliphatic rings. The number of morpholine rings is 1. The first-order chi connectivity index (χ1) is 14.0. The largest absolute Gasteiger partial charge is 0.379 e. The maximum Gasteiger partial charge on any atom is 0.194 e. The summed E-state index contributed by atoms with van der Waals surface area (Å²) >= 11 is 0. The molecule has 6 nitrogen and oxygen atoms in total. The van der Waals surface area contributed by atoms with Gasteiger partial charge in [-0.2, -0.15) is 0 Å². The van der Waals surface area contributed by atoms with Crippen molar-refractivity contribution in [3.63, 3.8) is 0 Å². The van der Waals surface area contributed by atoms with E-state index in [0.717, 1.165) is 69.6 Å². The zero-order chi connectivity index (χ0) is 20.6. The summed E-state index contributed by atoms with van der Waals surface area (Å²) in [5.41, 5.74) is 1.77. The zero-order valence-electron chi connectivity index (χ0n) is 18.2. The predicted octanol–water partition coefficient (Wildman–Crippen LogP) is 2.01. The van der Waals surface area contributed by atoms with Crippen LogP contribution in [0, 0.1) is 11.7 Å². The van der Waals surface area contributed by atoms with Crippen molar-refractivity contribution in [2.24, 2.45) is 10.9 Å². The fraction of sp³-hybridized carbons (Fsp3) is 0.682.